The maximum Gasteiger partial charge on any atom is 0.310 e. The highest BCUT2D eigenvalue weighted by Gasteiger charge is 2.19. The molecule has 0 fully saturated rings. The summed E-state index contributed by atoms with van der Waals surface area (Å²) in [5.41, 5.74) is 0. The van der Waals surface area contributed by atoms with Crippen molar-refractivity contribution in [1.29, 1.82) is 0 Å². The van der Waals surface area contributed by atoms with E-state index in [1.807, 2.05) is 12.2 Å². The molecule has 0 amide bonds. The second-order valence-corrected chi connectivity index (χ2v) is 13.9. The van der Waals surface area contributed by atoms with Crippen LogP contribution in [0.4, 0.5) is 0 Å². The van der Waals surface area contributed by atoms with E-state index < -0.39 is 18.0 Å². The van der Waals surface area contributed by atoms with Crippen LogP contribution in [-0.2, 0) is 28.6 Å². The molecule has 0 heterocycles. The van der Waals surface area contributed by atoms with Crippen LogP contribution in [0.5, 0.6) is 0 Å². The highest BCUT2D eigenvalue weighted by atomic mass is 16.6. The summed E-state index contributed by atoms with van der Waals surface area (Å²) >= 11 is 0. The van der Waals surface area contributed by atoms with E-state index in [1.165, 1.54) is 77.0 Å². The first-order chi connectivity index (χ1) is 27.0. The highest BCUT2D eigenvalue weighted by Crippen LogP contribution is 2.13. The van der Waals surface area contributed by atoms with Gasteiger partial charge in [0.25, 0.3) is 0 Å². The van der Waals surface area contributed by atoms with Gasteiger partial charge in [-0.3, -0.25) is 14.4 Å². The molecule has 0 saturated heterocycles. The van der Waals surface area contributed by atoms with Crippen molar-refractivity contribution in [2.75, 3.05) is 13.2 Å². The quantitative estimate of drug-likeness (QED) is 0.0206. The zero-order valence-corrected chi connectivity index (χ0v) is 35.1. The van der Waals surface area contributed by atoms with Crippen LogP contribution in [0, 0.1) is 0 Å². The van der Waals surface area contributed by atoms with Gasteiger partial charge in [-0.05, 0) is 70.6 Å². The fourth-order valence-electron chi connectivity index (χ4n) is 5.44. The topological polar surface area (TPSA) is 78.9 Å². The lowest BCUT2D eigenvalue weighted by Gasteiger charge is -2.17. The molecule has 0 aromatic carbocycles. The average Bonchev–Trinajstić information content (AvgIpc) is 3.18. The number of rotatable bonds is 37. The van der Waals surface area contributed by atoms with E-state index in [9.17, 15) is 14.4 Å². The summed E-state index contributed by atoms with van der Waals surface area (Å²) in [6.45, 7) is 6.14. The summed E-state index contributed by atoms with van der Waals surface area (Å²) in [4.78, 5) is 37.4. The molecule has 6 nitrogen and oxygen atoms in total. The largest absolute Gasteiger partial charge is 0.462 e. The van der Waals surface area contributed by atoms with Crippen LogP contribution in [0.15, 0.2) is 97.2 Å². The number of carbonyl (C=O) groups is 3. The molecule has 0 N–H and O–H groups in total. The SMILES string of the molecule is CC/C=C\C/C=C\C/C=C\CC(=O)OCC(COC(=O)CCCCCCCCCCCC/C=C\C=C/CCCCC)OC(=O)C/C=C\C/C=C\C/C=C\CC. The Kier molecular flexibility index (Phi) is 40.2. The molecule has 0 spiro atoms. The van der Waals surface area contributed by atoms with Crippen molar-refractivity contribution in [2.45, 2.75) is 181 Å². The molecule has 0 aliphatic carbocycles. The Bertz CT molecular complexity index is 1150. The van der Waals surface area contributed by atoms with Gasteiger partial charge < -0.3 is 14.2 Å². The first kappa shape index (κ1) is 51.3. The van der Waals surface area contributed by atoms with Gasteiger partial charge in [-0.2, -0.15) is 0 Å². The number of unbranched alkanes of at least 4 members (excludes halogenated alkanes) is 13. The van der Waals surface area contributed by atoms with Crippen LogP contribution >= 0.6 is 0 Å². The molecule has 0 aromatic rings. The predicted molar refractivity (Wildman–Crippen MR) is 233 cm³/mol. The minimum absolute atomic E-state index is 0.0847. The van der Waals surface area contributed by atoms with E-state index >= 15 is 0 Å². The van der Waals surface area contributed by atoms with Crippen molar-refractivity contribution in [2.24, 2.45) is 0 Å². The van der Waals surface area contributed by atoms with E-state index in [4.69, 9.17) is 14.2 Å². The maximum absolute atomic E-state index is 12.6. The zero-order valence-electron chi connectivity index (χ0n) is 35.1. The van der Waals surface area contributed by atoms with Gasteiger partial charge in [0.05, 0.1) is 12.8 Å². The molecule has 1 unspecified atom stereocenters. The van der Waals surface area contributed by atoms with Crippen LogP contribution in [0.25, 0.3) is 0 Å². The van der Waals surface area contributed by atoms with Gasteiger partial charge in [-0.25, -0.2) is 0 Å². The molecule has 55 heavy (non-hydrogen) atoms. The Morgan fingerprint density at radius 3 is 1.31 bits per heavy atom. The van der Waals surface area contributed by atoms with Crippen LogP contribution in [0.2, 0.25) is 0 Å². The molecule has 310 valence electrons. The maximum atomic E-state index is 12.6. The average molecular weight is 763 g/mol. The summed E-state index contributed by atoms with van der Waals surface area (Å²) < 4.78 is 16.4. The molecule has 0 aliphatic rings. The summed E-state index contributed by atoms with van der Waals surface area (Å²) in [5, 5.41) is 0. The minimum Gasteiger partial charge on any atom is -0.462 e. The lowest BCUT2D eigenvalue weighted by atomic mass is 10.1. The van der Waals surface area contributed by atoms with E-state index in [2.05, 4.69) is 93.7 Å². The lowest BCUT2D eigenvalue weighted by Crippen LogP contribution is -2.30. The zero-order chi connectivity index (χ0) is 40.1. The third-order valence-corrected chi connectivity index (χ3v) is 8.65. The first-order valence-electron chi connectivity index (χ1n) is 21.8. The molecule has 0 bridgehead atoms. The Balaban J connectivity index is 4.39. The molecule has 0 rings (SSSR count). The van der Waals surface area contributed by atoms with Gasteiger partial charge >= 0.3 is 17.9 Å². The molecular formula is C49H78O6. The first-order valence-corrected chi connectivity index (χ1v) is 21.8. The molecule has 1 atom stereocenters. The number of allylic oxidation sites excluding steroid dienone is 14. The van der Waals surface area contributed by atoms with E-state index in [1.54, 1.807) is 12.2 Å². The van der Waals surface area contributed by atoms with Crippen molar-refractivity contribution in [3.05, 3.63) is 97.2 Å². The third-order valence-electron chi connectivity index (χ3n) is 8.65. The second kappa shape index (κ2) is 43.1. The van der Waals surface area contributed by atoms with Crippen LogP contribution in [0.3, 0.4) is 0 Å². The normalized spacial score (nSPS) is 13.0. The van der Waals surface area contributed by atoms with Crippen molar-refractivity contribution in [3.8, 4) is 0 Å². The van der Waals surface area contributed by atoms with Gasteiger partial charge in [0.2, 0.25) is 0 Å². The summed E-state index contributed by atoms with van der Waals surface area (Å²) in [7, 11) is 0. The number of carbonyl (C=O) groups excluding carboxylic acids is 3. The molecule has 6 heteroatoms. The molecular weight excluding hydrogens is 685 g/mol. The number of hydrogen-bond acceptors (Lipinski definition) is 6. The van der Waals surface area contributed by atoms with Gasteiger partial charge in [0, 0.05) is 6.42 Å². The smallest absolute Gasteiger partial charge is 0.310 e. The number of hydrogen-bond donors (Lipinski definition) is 0. The number of esters is 3. The summed E-state index contributed by atoms with van der Waals surface area (Å²) in [6, 6.07) is 0. The molecule has 0 radical (unpaired) electrons. The summed E-state index contributed by atoms with van der Waals surface area (Å²) in [5.74, 6) is -1.22. The fraction of sp³-hybridized carbons (Fsp3) is 0.612. The monoisotopic (exact) mass is 763 g/mol. The molecule has 0 aromatic heterocycles. The Labute approximate surface area is 337 Å². The van der Waals surface area contributed by atoms with E-state index in [0.29, 0.717) is 6.42 Å². The summed E-state index contributed by atoms with van der Waals surface area (Å²) in [6.07, 6.45) is 56.1. The second-order valence-electron chi connectivity index (χ2n) is 13.9. The van der Waals surface area contributed by atoms with Crippen molar-refractivity contribution >= 4 is 17.9 Å². The fourth-order valence-corrected chi connectivity index (χ4v) is 5.44. The van der Waals surface area contributed by atoms with Gasteiger partial charge in [-0.1, -0.05) is 182 Å². The van der Waals surface area contributed by atoms with Crippen LogP contribution in [-0.4, -0.2) is 37.2 Å². The third kappa shape index (κ3) is 41.3. The standard InChI is InChI=1S/C49H78O6/c1-4-7-10-13-16-19-20-21-22-23-24-25-26-27-28-31-33-36-39-42-48(51)54-45-46(55-49(52)43-40-37-34-30-18-15-12-9-6-3)44-53-47(50)41-38-35-32-29-17-14-11-8-5-2/h8-9,11-12,16-21,29-30,35,37-38,40,46H,4-7,10,13-15,22-28,31-34,36,39,41-45H2,1-3H3/b11-8-,12-9-,19-16-,21-20-,29-17-,30-18-,38-35-,40-37-. The molecule has 0 aliphatic heterocycles. The van der Waals surface area contributed by atoms with Gasteiger partial charge in [0.1, 0.15) is 13.2 Å². The van der Waals surface area contributed by atoms with E-state index in [-0.39, 0.29) is 32.0 Å². The van der Waals surface area contributed by atoms with Gasteiger partial charge in [-0.15, -0.1) is 0 Å². The van der Waals surface area contributed by atoms with Crippen LogP contribution < -0.4 is 0 Å². The Morgan fingerprint density at radius 2 is 0.818 bits per heavy atom. The van der Waals surface area contributed by atoms with Crippen LogP contribution in [0.1, 0.15) is 175 Å². The predicted octanol–water partition coefficient (Wildman–Crippen LogP) is 13.9. The van der Waals surface area contributed by atoms with Crippen molar-refractivity contribution in [3.63, 3.8) is 0 Å². The Morgan fingerprint density at radius 1 is 0.418 bits per heavy atom. The molecule has 0 saturated carbocycles. The highest BCUT2D eigenvalue weighted by molar-refractivity contribution is 5.72. The number of ether oxygens (including phenoxy) is 3. The van der Waals surface area contributed by atoms with Crippen molar-refractivity contribution in [1.82, 2.24) is 0 Å². The van der Waals surface area contributed by atoms with E-state index in [0.717, 1.165) is 57.8 Å². The van der Waals surface area contributed by atoms with Gasteiger partial charge in [0.15, 0.2) is 6.10 Å². The lowest BCUT2D eigenvalue weighted by molar-refractivity contribution is -0.166. The minimum atomic E-state index is -0.860. The Hall–Kier alpha value is -3.67. The van der Waals surface area contributed by atoms with Crippen molar-refractivity contribution < 1.29 is 28.6 Å².